The Bertz CT molecular complexity index is 1130. The van der Waals surface area contributed by atoms with Crippen LogP contribution in [0.4, 0.5) is 9.18 Å². The van der Waals surface area contributed by atoms with Crippen LogP contribution in [-0.4, -0.2) is 43.5 Å². The number of hydrazine groups is 1. The van der Waals surface area contributed by atoms with Crippen LogP contribution in [0.2, 0.25) is 0 Å². The molecule has 2 fully saturated rings. The Morgan fingerprint density at radius 3 is 2.44 bits per heavy atom. The van der Waals surface area contributed by atoms with Crippen molar-refractivity contribution in [3.05, 3.63) is 76.9 Å². The number of nitrogens with one attached hydrogen (secondary N) is 2. The van der Waals surface area contributed by atoms with E-state index in [1.54, 1.807) is 29.2 Å². The molecule has 4 atom stereocenters. The van der Waals surface area contributed by atoms with Gasteiger partial charge in [-0.2, -0.15) is 5.26 Å². The molecule has 3 aliphatic rings. The number of rotatable bonds is 3. The molecular weight excluding hydrogens is 441 g/mol. The fourth-order valence-electron chi connectivity index (χ4n) is 4.70. The molecule has 176 valence electrons. The number of fused-ring (bicyclic) bond motifs is 1. The van der Waals surface area contributed by atoms with Gasteiger partial charge in [0.1, 0.15) is 17.6 Å². The summed E-state index contributed by atoms with van der Waals surface area (Å²) in [6.07, 6.45) is -0.916. The molecule has 2 aromatic rings. The van der Waals surface area contributed by atoms with E-state index in [4.69, 9.17) is 19.9 Å². The van der Waals surface area contributed by atoms with E-state index in [2.05, 4.69) is 16.9 Å². The van der Waals surface area contributed by atoms with E-state index in [9.17, 15) is 14.4 Å². The fraction of sp³-hybridized carbons (Fsp3) is 0.333. The van der Waals surface area contributed by atoms with E-state index in [1.807, 2.05) is 12.1 Å². The summed E-state index contributed by atoms with van der Waals surface area (Å²) in [7, 11) is 0. The summed E-state index contributed by atoms with van der Waals surface area (Å²) in [5.41, 5.74) is 14.4. The summed E-state index contributed by atoms with van der Waals surface area (Å²) in [6, 6.07) is 15.2. The molecule has 34 heavy (non-hydrogen) atoms. The monoisotopic (exact) mass is 465 g/mol. The number of halogens is 1. The Morgan fingerprint density at radius 1 is 1.09 bits per heavy atom. The second-order valence-electron chi connectivity index (χ2n) is 8.34. The Labute approximate surface area is 195 Å². The predicted molar refractivity (Wildman–Crippen MR) is 118 cm³/mol. The van der Waals surface area contributed by atoms with Crippen LogP contribution in [0.3, 0.4) is 0 Å². The topological polar surface area (TPSA) is 122 Å². The number of amides is 1. The Morgan fingerprint density at radius 2 is 1.76 bits per heavy atom. The first-order valence-corrected chi connectivity index (χ1v) is 11.0. The van der Waals surface area contributed by atoms with Gasteiger partial charge in [0.05, 0.1) is 24.8 Å². The van der Waals surface area contributed by atoms with Gasteiger partial charge in [-0.25, -0.2) is 20.0 Å². The highest BCUT2D eigenvalue weighted by atomic mass is 19.1. The lowest BCUT2D eigenvalue weighted by molar-refractivity contribution is 0.0340. The first kappa shape index (κ1) is 22.2. The van der Waals surface area contributed by atoms with Gasteiger partial charge in [0.15, 0.2) is 6.23 Å². The third kappa shape index (κ3) is 4.17. The second kappa shape index (κ2) is 9.30. The zero-order chi connectivity index (χ0) is 23.7. The number of hydrogen-bond donors (Lipinski definition) is 3. The molecular formula is C24H24FN5O4. The number of carbonyl (C=O) groups is 1. The van der Waals surface area contributed by atoms with Crippen LogP contribution < -0.4 is 21.3 Å². The maximum absolute atomic E-state index is 13.5. The maximum Gasteiger partial charge on any atom is 0.415 e. The minimum absolute atomic E-state index is 0.0608. The molecule has 2 aromatic carbocycles. The number of ether oxygens (including phenoxy) is 3. The molecule has 4 N–H and O–H groups in total. The van der Waals surface area contributed by atoms with Gasteiger partial charge >= 0.3 is 6.09 Å². The van der Waals surface area contributed by atoms with Crippen LogP contribution in [-0.2, 0) is 9.47 Å². The zero-order valence-corrected chi connectivity index (χ0v) is 18.2. The van der Waals surface area contributed by atoms with Gasteiger partial charge in [-0.05, 0) is 35.4 Å². The van der Waals surface area contributed by atoms with Gasteiger partial charge in [-0.1, -0.05) is 24.3 Å². The molecule has 0 saturated carbocycles. The van der Waals surface area contributed by atoms with E-state index in [1.165, 1.54) is 12.1 Å². The molecule has 5 rings (SSSR count). The minimum atomic E-state index is -0.490. The van der Waals surface area contributed by atoms with Crippen molar-refractivity contribution in [2.45, 2.75) is 18.2 Å². The molecule has 0 aromatic heterocycles. The van der Waals surface area contributed by atoms with Gasteiger partial charge in [0, 0.05) is 24.9 Å². The van der Waals surface area contributed by atoms with Gasteiger partial charge in [0.25, 0.3) is 0 Å². The molecule has 0 aliphatic carbocycles. The smallest absolute Gasteiger partial charge is 0.415 e. The summed E-state index contributed by atoms with van der Waals surface area (Å²) in [5, 5.41) is 9.88. The number of nitrogens with zero attached hydrogens (tertiary/aromatic N) is 2. The number of allylic oxidation sites excluding steroid dienone is 1. The van der Waals surface area contributed by atoms with Crippen LogP contribution in [0.15, 0.2) is 60.0 Å². The van der Waals surface area contributed by atoms with Crippen LogP contribution in [0.1, 0.15) is 23.1 Å². The first-order chi connectivity index (χ1) is 16.5. The van der Waals surface area contributed by atoms with E-state index in [0.717, 1.165) is 11.1 Å². The third-order valence-electron chi connectivity index (χ3n) is 6.39. The molecule has 4 unspecified atom stereocenters. The van der Waals surface area contributed by atoms with Crippen molar-refractivity contribution >= 4 is 6.09 Å². The Balaban J connectivity index is 1.42. The van der Waals surface area contributed by atoms with Crippen molar-refractivity contribution in [3.8, 4) is 11.8 Å². The number of morpholine rings is 1. The van der Waals surface area contributed by atoms with Crippen molar-refractivity contribution in [1.29, 1.82) is 5.26 Å². The molecule has 1 amide bonds. The minimum Gasteiger partial charge on any atom is -0.458 e. The number of benzene rings is 2. The van der Waals surface area contributed by atoms with Gasteiger partial charge in [-0.3, -0.25) is 0 Å². The normalized spacial score (nSPS) is 26.4. The highest BCUT2D eigenvalue weighted by Crippen LogP contribution is 2.47. The van der Waals surface area contributed by atoms with Crippen LogP contribution >= 0.6 is 0 Å². The van der Waals surface area contributed by atoms with Crippen molar-refractivity contribution in [1.82, 2.24) is 15.8 Å². The highest BCUT2D eigenvalue weighted by Gasteiger charge is 2.49. The van der Waals surface area contributed by atoms with Crippen LogP contribution in [0, 0.1) is 23.1 Å². The Kier molecular flexibility index (Phi) is 6.06. The van der Waals surface area contributed by atoms with Crippen LogP contribution in [0.25, 0.3) is 0 Å². The van der Waals surface area contributed by atoms with Crippen LogP contribution in [0.5, 0.6) is 5.75 Å². The maximum atomic E-state index is 13.5. The lowest BCUT2D eigenvalue weighted by Crippen LogP contribution is -2.42. The van der Waals surface area contributed by atoms with E-state index in [-0.39, 0.29) is 23.7 Å². The molecule has 9 nitrogen and oxygen atoms in total. The average molecular weight is 465 g/mol. The number of hydrogen-bond acceptors (Lipinski definition) is 8. The first-order valence-electron chi connectivity index (χ1n) is 11.0. The molecule has 3 heterocycles. The fourth-order valence-corrected chi connectivity index (χ4v) is 4.70. The summed E-state index contributed by atoms with van der Waals surface area (Å²) in [5.74, 6) is -0.506. The molecule has 10 heteroatoms. The van der Waals surface area contributed by atoms with Gasteiger partial charge < -0.3 is 24.8 Å². The summed E-state index contributed by atoms with van der Waals surface area (Å²) in [6.45, 7) is 1.95. The average Bonchev–Trinajstić information content (AvgIpc) is 3.28. The van der Waals surface area contributed by atoms with Gasteiger partial charge in [0.2, 0.25) is 5.88 Å². The lowest BCUT2D eigenvalue weighted by atomic mass is 9.74. The quantitative estimate of drug-likeness (QED) is 0.631. The molecule has 0 bridgehead atoms. The zero-order valence-electron chi connectivity index (χ0n) is 18.2. The Hall–Kier alpha value is -3.65. The molecule has 2 saturated heterocycles. The van der Waals surface area contributed by atoms with E-state index < -0.39 is 18.2 Å². The number of nitrogens with two attached hydrogens (primary N) is 1. The predicted octanol–water partition coefficient (Wildman–Crippen LogP) is 2.26. The third-order valence-corrected chi connectivity index (χ3v) is 6.39. The summed E-state index contributed by atoms with van der Waals surface area (Å²) >= 11 is 0. The largest absolute Gasteiger partial charge is 0.458 e. The van der Waals surface area contributed by atoms with Gasteiger partial charge in [-0.15, -0.1) is 0 Å². The molecule has 0 spiro atoms. The standard InChI is InChI=1S/C24H24FN5O4/c25-16-5-1-15(2-6-16)21-20-19(18(13-26)22(27)34-23(20)29-28-21)14-3-7-17(8-4-14)33-24(31)30-9-11-32-12-10-30/h1-8,19-21,23,28-29H,9-12,27H2. The second-order valence-corrected chi connectivity index (χ2v) is 8.34. The molecule has 0 radical (unpaired) electrons. The summed E-state index contributed by atoms with van der Waals surface area (Å²) < 4.78 is 30.0. The summed E-state index contributed by atoms with van der Waals surface area (Å²) in [4.78, 5) is 14.0. The highest BCUT2D eigenvalue weighted by molar-refractivity contribution is 5.70. The van der Waals surface area contributed by atoms with Crippen molar-refractivity contribution in [2.24, 2.45) is 11.7 Å². The van der Waals surface area contributed by atoms with Crippen molar-refractivity contribution in [3.63, 3.8) is 0 Å². The number of nitriles is 1. The van der Waals surface area contributed by atoms with E-state index >= 15 is 0 Å². The SMILES string of the molecule is N#CC1=C(N)OC2NNC(c3ccc(F)cc3)C2C1c1ccc(OC(=O)N2CCOCC2)cc1. The lowest BCUT2D eigenvalue weighted by Gasteiger charge is -2.36. The van der Waals surface area contributed by atoms with Crippen molar-refractivity contribution in [2.75, 3.05) is 26.3 Å². The number of carbonyl (C=O) groups excluding carboxylic acids is 1. The molecule has 3 aliphatic heterocycles. The van der Waals surface area contributed by atoms with E-state index in [0.29, 0.717) is 37.6 Å². The van der Waals surface area contributed by atoms with Crippen molar-refractivity contribution < 1.29 is 23.4 Å².